The maximum atomic E-state index is 13.1. The van der Waals surface area contributed by atoms with Gasteiger partial charge in [-0.15, -0.1) is 0 Å². The zero-order chi connectivity index (χ0) is 10.2. The molecule has 68 valence electrons. The second-order valence-electron chi connectivity index (χ2n) is 2.06. The quantitative estimate of drug-likeness (QED) is 0.503. The molecular weight excluding hydrogens is 259 g/mol. The number of rotatable bonds is 0. The van der Waals surface area contributed by atoms with Gasteiger partial charge in [-0.2, -0.15) is 5.26 Å². The van der Waals surface area contributed by atoms with Crippen molar-refractivity contribution in [2.45, 2.75) is 0 Å². The van der Waals surface area contributed by atoms with Crippen LogP contribution < -0.4 is 0 Å². The lowest BCUT2D eigenvalue weighted by Gasteiger charge is -2.04. The lowest BCUT2D eigenvalue weighted by molar-refractivity contribution is 0.628. The van der Waals surface area contributed by atoms with Crippen molar-refractivity contribution < 1.29 is 4.39 Å². The average Bonchev–Trinajstić information content (AvgIpc) is 2.13. The van der Waals surface area contributed by atoms with Crippen molar-refractivity contribution in [1.29, 1.82) is 5.26 Å². The smallest absolute Gasteiger partial charge is 0.163 e. The van der Waals surface area contributed by atoms with Crippen LogP contribution in [0.15, 0.2) is 0 Å². The Hall–Kier alpha value is -0.200. The van der Waals surface area contributed by atoms with Gasteiger partial charge in [0.15, 0.2) is 5.82 Å². The van der Waals surface area contributed by atoms with Crippen LogP contribution in [0.3, 0.4) is 0 Å². The van der Waals surface area contributed by atoms with Crippen molar-refractivity contribution >= 4 is 46.4 Å². The van der Waals surface area contributed by atoms with Gasteiger partial charge in [-0.3, -0.25) is 0 Å². The van der Waals surface area contributed by atoms with E-state index in [1.807, 2.05) is 0 Å². The molecule has 0 spiro atoms. The molecule has 0 unspecified atom stereocenters. The molecule has 1 aromatic rings. The fourth-order valence-electron chi connectivity index (χ4n) is 0.703. The van der Waals surface area contributed by atoms with Crippen molar-refractivity contribution in [3.05, 3.63) is 31.5 Å². The highest BCUT2D eigenvalue weighted by Crippen LogP contribution is 2.39. The van der Waals surface area contributed by atoms with E-state index >= 15 is 0 Å². The summed E-state index contributed by atoms with van der Waals surface area (Å²) in [7, 11) is 0. The van der Waals surface area contributed by atoms with E-state index in [1.165, 1.54) is 0 Å². The molecule has 0 aliphatic heterocycles. The summed E-state index contributed by atoms with van der Waals surface area (Å²) in [4.78, 5) is 0. The van der Waals surface area contributed by atoms with E-state index in [2.05, 4.69) is 0 Å². The molecule has 0 saturated heterocycles. The van der Waals surface area contributed by atoms with Crippen molar-refractivity contribution in [1.82, 2.24) is 0 Å². The predicted octanol–water partition coefficient (Wildman–Crippen LogP) is 4.31. The first-order valence-corrected chi connectivity index (χ1v) is 4.43. The summed E-state index contributed by atoms with van der Waals surface area (Å²) in [6.07, 6.45) is 0. The van der Waals surface area contributed by atoms with Crippen LogP contribution in [-0.2, 0) is 0 Å². The molecule has 6 heteroatoms. The van der Waals surface area contributed by atoms with Gasteiger partial charge >= 0.3 is 0 Å². The number of nitrogens with zero attached hydrogens (tertiary/aromatic N) is 1. The van der Waals surface area contributed by atoms with Crippen LogP contribution in [0.25, 0.3) is 0 Å². The molecule has 0 heterocycles. The second-order valence-corrected chi connectivity index (χ2v) is 3.57. The standard InChI is InChI=1S/C7Cl4FN/c8-3-2(1-13)4(9)7(12)6(11)5(3)10. The van der Waals surface area contributed by atoms with Crippen molar-refractivity contribution in [3.8, 4) is 6.07 Å². The predicted molar refractivity (Wildman–Crippen MR) is 51.2 cm³/mol. The van der Waals surface area contributed by atoms with Gasteiger partial charge in [-0.1, -0.05) is 46.4 Å². The summed E-state index contributed by atoms with van der Waals surface area (Å²) < 4.78 is 13.1. The summed E-state index contributed by atoms with van der Waals surface area (Å²) in [6.45, 7) is 0. The highest BCUT2D eigenvalue weighted by atomic mass is 35.5. The van der Waals surface area contributed by atoms with Crippen LogP contribution in [0.2, 0.25) is 20.1 Å². The molecule has 0 aliphatic carbocycles. The Labute approximate surface area is 93.6 Å². The van der Waals surface area contributed by atoms with E-state index in [0.29, 0.717) is 0 Å². The molecule has 0 bridgehead atoms. The SMILES string of the molecule is N#Cc1c(Cl)c(F)c(Cl)c(Cl)c1Cl. The molecule has 1 nitrogen and oxygen atoms in total. The highest BCUT2D eigenvalue weighted by molar-refractivity contribution is 6.50. The van der Waals surface area contributed by atoms with Gasteiger partial charge in [-0.05, 0) is 0 Å². The summed E-state index contributed by atoms with van der Waals surface area (Å²) in [5, 5.41) is 7.41. The van der Waals surface area contributed by atoms with Crippen LogP contribution in [0.4, 0.5) is 4.39 Å². The maximum Gasteiger partial charge on any atom is 0.163 e. The summed E-state index contributed by atoms with van der Waals surface area (Å²) >= 11 is 22.0. The van der Waals surface area contributed by atoms with Crippen molar-refractivity contribution in [2.75, 3.05) is 0 Å². The zero-order valence-electron chi connectivity index (χ0n) is 5.84. The van der Waals surface area contributed by atoms with Gasteiger partial charge in [0, 0.05) is 0 Å². The Balaban J connectivity index is 3.69. The first-order chi connectivity index (χ1) is 6.00. The van der Waals surface area contributed by atoms with Crippen molar-refractivity contribution in [3.63, 3.8) is 0 Å². The summed E-state index contributed by atoms with van der Waals surface area (Å²) in [6, 6.07) is 1.63. The Bertz CT molecular complexity index is 381. The average molecular weight is 259 g/mol. The minimum atomic E-state index is -0.936. The van der Waals surface area contributed by atoms with Gasteiger partial charge in [0.2, 0.25) is 0 Å². The van der Waals surface area contributed by atoms with Gasteiger partial charge in [0.05, 0.1) is 25.7 Å². The number of hydrogen-bond donors (Lipinski definition) is 0. The lowest BCUT2D eigenvalue weighted by atomic mass is 10.2. The normalized spacial score (nSPS) is 9.85. The minimum absolute atomic E-state index is 0.138. The van der Waals surface area contributed by atoms with Crippen molar-refractivity contribution in [2.24, 2.45) is 0 Å². The summed E-state index contributed by atoms with van der Waals surface area (Å²) in [5.41, 5.74) is -0.213. The van der Waals surface area contributed by atoms with Gasteiger partial charge in [0.1, 0.15) is 6.07 Å². The maximum absolute atomic E-state index is 13.1. The van der Waals surface area contributed by atoms with E-state index in [1.54, 1.807) is 6.07 Å². The first kappa shape index (κ1) is 10.9. The van der Waals surface area contributed by atoms with Gasteiger partial charge in [0.25, 0.3) is 0 Å². The molecule has 0 saturated carbocycles. The van der Waals surface area contributed by atoms with E-state index in [-0.39, 0.29) is 20.6 Å². The molecular formula is C7Cl4FN. The Morgan fingerprint density at radius 3 is 1.92 bits per heavy atom. The zero-order valence-corrected chi connectivity index (χ0v) is 8.86. The third-order valence-electron chi connectivity index (χ3n) is 1.32. The lowest BCUT2D eigenvalue weighted by Crippen LogP contribution is -1.89. The van der Waals surface area contributed by atoms with Gasteiger partial charge < -0.3 is 0 Å². The Kier molecular flexibility index (Phi) is 3.26. The summed E-state index contributed by atoms with van der Waals surface area (Å²) in [5.74, 6) is -0.936. The minimum Gasteiger partial charge on any atom is -0.204 e. The molecule has 0 fully saturated rings. The molecule has 0 aliphatic rings. The molecule has 0 amide bonds. The van der Waals surface area contributed by atoms with Crippen LogP contribution in [-0.4, -0.2) is 0 Å². The van der Waals surface area contributed by atoms with E-state index in [4.69, 9.17) is 51.7 Å². The van der Waals surface area contributed by atoms with Gasteiger partial charge in [-0.25, -0.2) is 4.39 Å². The molecule has 0 atom stereocenters. The second kappa shape index (κ2) is 3.89. The van der Waals surface area contributed by atoms with Crippen LogP contribution in [0, 0.1) is 17.1 Å². The number of benzene rings is 1. The van der Waals surface area contributed by atoms with E-state index < -0.39 is 10.8 Å². The molecule has 13 heavy (non-hydrogen) atoms. The fraction of sp³-hybridized carbons (Fsp3) is 0. The first-order valence-electron chi connectivity index (χ1n) is 2.92. The number of nitriles is 1. The molecule has 0 aromatic heterocycles. The Morgan fingerprint density at radius 1 is 0.923 bits per heavy atom. The fourth-order valence-corrected chi connectivity index (χ4v) is 1.68. The largest absolute Gasteiger partial charge is 0.204 e. The third kappa shape index (κ3) is 1.70. The van der Waals surface area contributed by atoms with Crippen LogP contribution >= 0.6 is 46.4 Å². The highest BCUT2D eigenvalue weighted by Gasteiger charge is 2.19. The van der Waals surface area contributed by atoms with E-state index in [0.717, 1.165) is 0 Å². The number of hydrogen-bond acceptors (Lipinski definition) is 1. The molecule has 1 rings (SSSR count). The monoisotopic (exact) mass is 257 g/mol. The van der Waals surface area contributed by atoms with E-state index in [9.17, 15) is 4.39 Å². The molecule has 0 N–H and O–H groups in total. The van der Waals surface area contributed by atoms with Crippen LogP contribution in [0.5, 0.6) is 0 Å². The Morgan fingerprint density at radius 2 is 1.46 bits per heavy atom. The molecule has 1 aromatic carbocycles. The number of halogens is 5. The van der Waals surface area contributed by atoms with Crippen LogP contribution in [0.1, 0.15) is 5.56 Å². The third-order valence-corrected chi connectivity index (χ3v) is 2.98. The molecule has 0 radical (unpaired) electrons. The topological polar surface area (TPSA) is 23.8 Å².